The summed E-state index contributed by atoms with van der Waals surface area (Å²) in [5, 5.41) is 9.22. The van der Waals surface area contributed by atoms with Crippen LogP contribution in [0.3, 0.4) is 0 Å². The lowest BCUT2D eigenvalue weighted by atomic mass is 9.70. The van der Waals surface area contributed by atoms with Crippen LogP contribution in [0.25, 0.3) is 0 Å². The highest BCUT2D eigenvalue weighted by atomic mass is 16.4. The number of carboxylic acid groups (broad SMARTS) is 1. The number of hydrogen-bond donors (Lipinski definition) is 1. The monoisotopic (exact) mass is 304 g/mol. The summed E-state index contributed by atoms with van der Waals surface area (Å²) in [6.07, 6.45) is 0.888. The number of benzene rings is 1. The van der Waals surface area contributed by atoms with Crippen molar-refractivity contribution in [3.63, 3.8) is 0 Å². The zero-order valence-electron chi connectivity index (χ0n) is 13.8. The first-order valence-corrected chi connectivity index (χ1v) is 7.45. The van der Waals surface area contributed by atoms with E-state index in [1.807, 2.05) is 52.0 Å². The molecule has 4 nitrogen and oxygen atoms in total. The zero-order valence-corrected chi connectivity index (χ0v) is 13.8. The van der Waals surface area contributed by atoms with E-state index in [0.29, 0.717) is 0 Å². The van der Waals surface area contributed by atoms with Gasteiger partial charge in [-0.3, -0.25) is 14.4 Å². The first-order chi connectivity index (χ1) is 10.1. The van der Waals surface area contributed by atoms with E-state index in [-0.39, 0.29) is 0 Å². The minimum absolute atomic E-state index is 0.478. The van der Waals surface area contributed by atoms with Gasteiger partial charge in [-0.05, 0) is 29.9 Å². The van der Waals surface area contributed by atoms with Gasteiger partial charge in [0, 0.05) is 5.92 Å². The molecule has 0 saturated heterocycles. The van der Waals surface area contributed by atoms with Crippen molar-refractivity contribution >= 4 is 17.5 Å². The molecule has 1 rings (SSSR count). The van der Waals surface area contributed by atoms with Gasteiger partial charge in [-0.15, -0.1) is 0 Å². The Balaban J connectivity index is 3.31. The molecule has 1 aromatic rings. The standard InChI is InChI=1S/C18H24O4/c1-6-12-7-9-13(10-8-12)15(18(3,4)5)16(20)14(11(2)19)17(21)22/h7-10,14-15H,6H2,1-5H3,(H,21,22). The summed E-state index contributed by atoms with van der Waals surface area (Å²) in [6, 6.07) is 7.58. The number of Topliss-reactive ketones (excluding diaryl/α,β-unsaturated/α-hetero) is 2. The van der Waals surface area contributed by atoms with E-state index in [2.05, 4.69) is 0 Å². The summed E-state index contributed by atoms with van der Waals surface area (Å²) in [5.41, 5.74) is 1.42. The van der Waals surface area contributed by atoms with Crippen molar-refractivity contribution in [3.05, 3.63) is 35.4 Å². The molecule has 0 radical (unpaired) electrons. The average molecular weight is 304 g/mol. The fourth-order valence-electron chi connectivity index (χ4n) is 2.70. The highest BCUT2D eigenvalue weighted by Crippen LogP contribution is 2.38. The Morgan fingerprint density at radius 3 is 1.91 bits per heavy atom. The van der Waals surface area contributed by atoms with Crippen molar-refractivity contribution in [1.82, 2.24) is 0 Å². The van der Waals surface area contributed by atoms with Crippen LogP contribution in [0.15, 0.2) is 24.3 Å². The van der Waals surface area contributed by atoms with Crippen molar-refractivity contribution in [2.75, 3.05) is 0 Å². The molecular formula is C18H24O4. The van der Waals surface area contributed by atoms with Crippen LogP contribution in [0.4, 0.5) is 0 Å². The largest absolute Gasteiger partial charge is 0.480 e. The molecule has 0 aliphatic heterocycles. The molecule has 0 fully saturated rings. The van der Waals surface area contributed by atoms with Gasteiger partial charge < -0.3 is 5.11 Å². The van der Waals surface area contributed by atoms with E-state index in [0.717, 1.165) is 24.5 Å². The van der Waals surface area contributed by atoms with Gasteiger partial charge in [0.2, 0.25) is 0 Å². The Kier molecular flexibility index (Phi) is 5.64. The summed E-state index contributed by atoms with van der Waals surface area (Å²) in [7, 11) is 0. The normalized spacial score (nSPS) is 14.2. The Hall–Kier alpha value is -1.97. The molecule has 0 aliphatic carbocycles. The number of aryl methyl sites for hydroxylation is 1. The van der Waals surface area contributed by atoms with Crippen molar-refractivity contribution in [3.8, 4) is 0 Å². The van der Waals surface area contributed by atoms with Crippen LogP contribution in [-0.4, -0.2) is 22.6 Å². The average Bonchev–Trinajstić information content (AvgIpc) is 2.37. The van der Waals surface area contributed by atoms with Crippen molar-refractivity contribution in [1.29, 1.82) is 0 Å². The number of aliphatic carboxylic acids is 1. The predicted molar refractivity (Wildman–Crippen MR) is 84.8 cm³/mol. The first-order valence-electron chi connectivity index (χ1n) is 7.45. The van der Waals surface area contributed by atoms with Crippen LogP contribution >= 0.6 is 0 Å². The summed E-state index contributed by atoms with van der Waals surface area (Å²) >= 11 is 0. The topological polar surface area (TPSA) is 71.4 Å². The molecule has 0 spiro atoms. The number of ketones is 2. The van der Waals surface area contributed by atoms with Gasteiger partial charge in [0.1, 0.15) is 0 Å². The molecule has 0 amide bonds. The van der Waals surface area contributed by atoms with Crippen LogP contribution < -0.4 is 0 Å². The van der Waals surface area contributed by atoms with Crippen LogP contribution in [0.5, 0.6) is 0 Å². The molecule has 120 valence electrons. The molecular weight excluding hydrogens is 280 g/mol. The third kappa shape index (κ3) is 4.03. The molecule has 4 heteroatoms. The molecule has 1 aromatic carbocycles. The van der Waals surface area contributed by atoms with Gasteiger partial charge in [-0.25, -0.2) is 0 Å². The van der Waals surface area contributed by atoms with Crippen LogP contribution in [-0.2, 0) is 20.8 Å². The molecule has 2 atom stereocenters. The molecule has 0 aliphatic rings. The van der Waals surface area contributed by atoms with Gasteiger partial charge in [0.05, 0.1) is 0 Å². The number of carbonyl (C=O) groups is 3. The van der Waals surface area contributed by atoms with Crippen molar-refractivity contribution in [2.24, 2.45) is 11.3 Å². The fraction of sp³-hybridized carbons (Fsp3) is 0.500. The molecule has 0 saturated carbocycles. The Morgan fingerprint density at radius 1 is 1.09 bits per heavy atom. The Labute approximate surface area is 131 Å². The summed E-state index contributed by atoms with van der Waals surface area (Å²) < 4.78 is 0. The van der Waals surface area contributed by atoms with Gasteiger partial charge in [0.25, 0.3) is 0 Å². The predicted octanol–water partition coefficient (Wildman–Crippen LogP) is 3.24. The number of hydrogen-bond acceptors (Lipinski definition) is 3. The van der Waals surface area contributed by atoms with E-state index < -0.39 is 34.8 Å². The Bertz CT molecular complexity index is 550. The highest BCUT2D eigenvalue weighted by molar-refractivity contribution is 6.18. The third-order valence-corrected chi connectivity index (χ3v) is 3.81. The molecule has 2 unspecified atom stereocenters. The van der Waals surface area contributed by atoms with E-state index in [4.69, 9.17) is 0 Å². The molecule has 22 heavy (non-hydrogen) atoms. The van der Waals surface area contributed by atoms with E-state index >= 15 is 0 Å². The first kappa shape index (κ1) is 18.1. The minimum atomic E-state index is -1.60. The van der Waals surface area contributed by atoms with Crippen LogP contribution in [0.2, 0.25) is 0 Å². The Morgan fingerprint density at radius 2 is 1.59 bits per heavy atom. The smallest absolute Gasteiger partial charge is 0.321 e. The van der Waals surface area contributed by atoms with E-state index in [1.165, 1.54) is 0 Å². The number of carboxylic acids is 1. The minimum Gasteiger partial charge on any atom is -0.480 e. The summed E-state index contributed by atoms with van der Waals surface area (Å²) in [4.78, 5) is 35.6. The maximum Gasteiger partial charge on any atom is 0.321 e. The second kappa shape index (κ2) is 6.86. The summed E-state index contributed by atoms with van der Waals surface area (Å²) in [5.74, 6) is -4.79. The van der Waals surface area contributed by atoms with Crippen LogP contribution in [0.1, 0.15) is 51.7 Å². The molecule has 0 heterocycles. The van der Waals surface area contributed by atoms with Crippen molar-refractivity contribution in [2.45, 2.75) is 47.0 Å². The van der Waals surface area contributed by atoms with E-state index in [1.54, 1.807) is 0 Å². The fourth-order valence-corrected chi connectivity index (χ4v) is 2.70. The zero-order chi connectivity index (χ0) is 17.1. The SMILES string of the molecule is CCc1ccc(C(C(=O)C(C(C)=O)C(=O)O)C(C)(C)C)cc1. The second-order valence-corrected chi connectivity index (χ2v) is 6.68. The lowest BCUT2D eigenvalue weighted by molar-refractivity contribution is -0.151. The van der Waals surface area contributed by atoms with Crippen LogP contribution in [0, 0.1) is 11.3 Å². The van der Waals surface area contributed by atoms with E-state index in [9.17, 15) is 19.5 Å². The lowest BCUT2D eigenvalue weighted by Crippen LogP contribution is -2.38. The maximum absolute atomic E-state index is 12.7. The highest BCUT2D eigenvalue weighted by Gasteiger charge is 2.41. The maximum atomic E-state index is 12.7. The molecule has 1 N–H and O–H groups in total. The second-order valence-electron chi connectivity index (χ2n) is 6.68. The quantitative estimate of drug-likeness (QED) is 0.819. The van der Waals surface area contributed by atoms with Crippen molar-refractivity contribution < 1.29 is 19.5 Å². The van der Waals surface area contributed by atoms with Gasteiger partial charge in [0.15, 0.2) is 17.5 Å². The third-order valence-electron chi connectivity index (χ3n) is 3.81. The van der Waals surface area contributed by atoms with Gasteiger partial charge in [-0.2, -0.15) is 0 Å². The summed E-state index contributed by atoms with van der Waals surface area (Å²) in [6.45, 7) is 8.82. The number of rotatable bonds is 6. The van der Waals surface area contributed by atoms with Gasteiger partial charge in [-0.1, -0.05) is 52.0 Å². The molecule has 0 bridgehead atoms. The number of carbonyl (C=O) groups excluding carboxylic acids is 2. The lowest BCUT2D eigenvalue weighted by Gasteiger charge is -2.31. The molecule has 0 aromatic heterocycles. The van der Waals surface area contributed by atoms with Gasteiger partial charge >= 0.3 is 5.97 Å².